The molecule has 0 fully saturated rings. The predicted molar refractivity (Wildman–Crippen MR) is 88.6 cm³/mol. The molecule has 110 valence electrons. The Kier molecular flexibility index (Phi) is 5.45. The van der Waals surface area contributed by atoms with E-state index >= 15 is 0 Å². The van der Waals surface area contributed by atoms with Crippen molar-refractivity contribution in [3.8, 4) is 5.75 Å². The van der Waals surface area contributed by atoms with Crippen LogP contribution in [0.3, 0.4) is 0 Å². The minimum absolute atomic E-state index is 0.0883. The zero-order valence-electron chi connectivity index (χ0n) is 12.6. The first-order valence-corrected chi connectivity index (χ1v) is 7.99. The van der Waals surface area contributed by atoms with E-state index in [1.807, 2.05) is 24.3 Å². The summed E-state index contributed by atoms with van der Waals surface area (Å²) in [7, 11) is 1.59. The summed E-state index contributed by atoms with van der Waals surface area (Å²) >= 11 is 1.56. The number of ketones is 1. The van der Waals surface area contributed by atoms with Gasteiger partial charge in [-0.05, 0) is 35.7 Å². The van der Waals surface area contributed by atoms with Crippen molar-refractivity contribution >= 4 is 17.5 Å². The highest BCUT2D eigenvalue weighted by atomic mass is 32.2. The Bertz CT molecular complexity index is 603. The Morgan fingerprint density at radius 1 is 1.10 bits per heavy atom. The van der Waals surface area contributed by atoms with E-state index in [4.69, 9.17) is 4.74 Å². The second kappa shape index (κ2) is 7.32. The van der Waals surface area contributed by atoms with Crippen LogP contribution in [0.4, 0.5) is 0 Å². The lowest BCUT2D eigenvalue weighted by Gasteiger charge is -2.08. The maximum absolute atomic E-state index is 12.3. The van der Waals surface area contributed by atoms with Crippen molar-refractivity contribution in [2.24, 2.45) is 0 Å². The quantitative estimate of drug-likeness (QED) is 0.566. The number of methoxy groups -OCH3 is 1. The van der Waals surface area contributed by atoms with Crippen molar-refractivity contribution in [3.05, 3.63) is 59.7 Å². The minimum Gasteiger partial charge on any atom is -0.496 e. The van der Waals surface area contributed by atoms with Crippen molar-refractivity contribution in [3.63, 3.8) is 0 Å². The molecule has 0 aliphatic rings. The van der Waals surface area contributed by atoms with Gasteiger partial charge in [-0.2, -0.15) is 0 Å². The lowest BCUT2D eigenvalue weighted by atomic mass is 10.0. The fourth-order valence-corrected chi connectivity index (χ4v) is 2.83. The van der Waals surface area contributed by atoms with E-state index < -0.39 is 0 Å². The molecule has 0 aromatic heterocycles. The van der Waals surface area contributed by atoms with Gasteiger partial charge < -0.3 is 4.74 Å². The van der Waals surface area contributed by atoms with Gasteiger partial charge in [0.15, 0.2) is 5.78 Å². The Labute approximate surface area is 130 Å². The van der Waals surface area contributed by atoms with Crippen LogP contribution in [0.25, 0.3) is 0 Å². The van der Waals surface area contributed by atoms with Gasteiger partial charge in [0.05, 0.1) is 18.4 Å². The number of thioether (sulfide) groups is 1. The Hall–Kier alpha value is -1.74. The van der Waals surface area contributed by atoms with E-state index in [2.05, 4.69) is 38.1 Å². The minimum atomic E-state index is 0.0883. The highest BCUT2D eigenvalue weighted by Crippen LogP contribution is 2.24. The summed E-state index contributed by atoms with van der Waals surface area (Å²) in [6.07, 6.45) is 0. The number of benzene rings is 2. The first kappa shape index (κ1) is 15.6. The molecule has 0 aliphatic carbocycles. The highest BCUT2D eigenvalue weighted by Gasteiger charge is 2.11. The number of hydrogen-bond donors (Lipinski definition) is 0. The average Bonchev–Trinajstić information content (AvgIpc) is 2.52. The standard InChI is InChI=1S/C18H20O2S/c1-13(2)14-8-10-15(11-9-14)21-12-17(19)16-6-4-5-7-18(16)20-3/h4-11,13H,12H2,1-3H3. The van der Waals surface area contributed by atoms with Crippen LogP contribution in [0.5, 0.6) is 5.75 Å². The lowest BCUT2D eigenvalue weighted by Crippen LogP contribution is -2.04. The molecule has 0 heterocycles. The molecule has 0 spiro atoms. The van der Waals surface area contributed by atoms with E-state index in [0.717, 1.165) is 4.90 Å². The van der Waals surface area contributed by atoms with Crippen molar-refractivity contribution < 1.29 is 9.53 Å². The van der Waals surface area contributed by atoms with Crippen molar-refractivity contribution in [2.45, 2.75) is 24.7 Å². The van der Waals surface area contributed by atoms with Gasteiger partial charge in [-0.25, -0.2) is 0 Å². The normalized spacial score (nSPS) is 10.7. The molecule has 0 radical (unpaired) electrons. The summed E-state index contributed by atoms with van der Waals surface area (Å²) in [5.41, 5.74) is 1.96. The summed E-state index contributed by atoms with van der Waals surface area (Å²) in [5, 5.41) is 0. The Morgan fingerprint density at radius 2 is 1.76 bits per heavy atom. The van der Waals surface area contributed by atoms with E-state index in [1.54, 1.807) is 18.9 Å². The number of rotatable bonds is 6. The van der Waals surface area contributed by atoms with Crippen LogP contribution in [-0.2, 0) is 0 Å². The molecule has 0 saturated heterocycles. The van der Waals surface area contributed by atoms with Crippen LogP contribution in [0.15, 0.2) is 53.4 Å². The molecule has 0 aliphatic heterocycles. The number of para-hydroxylation sites is 1. The summed E-state index contributed by atoms with van der Waals surface area (Å²) < 4.78 is 5.23. The van der Waals surface area contributed by atoms with Crippen LogP contribution in [-0.4, -0.2) is 18.6 Å². The highest BCUT2D eigenvalue weighted by molar-refractivity contribution is 8.00. The predicted octanol–water partition coefficient (Wildman–Crippen LogP) is 4.79. The second-order valence-electron chi connectivity index (χ2n) is 5.14. The maximum Gasteiger partial charge on any atom is 0.176 e. The van der Waals surface area contributed by atoms with Crippen LogP contribution in [0.2, 0.25) is 0 Å². The molecule has 0 amide bonds. The Balaban J connectivity index is 2.00. The molecule has 0 saturated carbocycles. The smallest absolute Gasteiger partial charge is 0.176 e. The van der Waals surface area contributed by atoms with E-state index in [-0.39, 0.29) is 5.78 Å². The van der Waals surface area contributed by atoms with Gasteiger partial charge in [0.25, 0.3) is 0 Å². The molecule has 3 heteroatoms. The van der Waals surface area contributed by atoms with E-state index in [9.17, 15) is 4.79 Å². The summed E-state index contributed by atoms with van der Waals surface area (Å²) in [4.78, 5) is 13.4. The lowest BCUT2D eigenvalue weighted by molar-refractivity contribution is 0.101. The Morgan fingerprint density at radius 3 is 2.38 bits per heavy atom. The number of carbonyl (C=O) groups is 1. The third kappa shape index (κ3) is 4.11. The molecular formula is C18H20O2S. The number of carbonyl (C=O) groups excluding carboxylic acids is 1. The van der Waals surface area contributed by atoms with E-state index in [1.165, 1.54) is 5.56 Å². The fourth-order valence-electron chi connectivity index (χ4n) is 2.05. The summed E-state index contributed by atoms with van der Waals surface area (Å²) in [6.45, 7) is 4.35. The SMILES string of the molecule is COc1ccccc1C(=O)CSc1ccc(C(C)C)cc1. The first-order valence-electron chi connectivity index (χ1n) is 7.00. The fraction of sp³-hybridized carbons (Fsp3) is 0.278. The molecular weight excluding hydrogens is 280 g/mol. The van der Waals surface area contributed by atoms with Crippen LogP contribution < -0.4 is 4.74 Å². The van der Waals surface area contributed by atoms with Gasteiger partial charge in [-0.1, -0.05) is 38.1 Å². The summed E-state index contributed by atoms with van der Waals surface area (Å²) in [6, 6.07) is 15.8. The maximum atomic E-state index is 12.3. The third-order valence-corrected chi connectivity index (χ3v) is 4.34. The molecule has 2 rings (SSSR count). The van der Waals surface area contributed by atoms with Gasteiger partial charge in [0.2, 0.25) is 0 Å². The van der Waals surface area contributed by atoms with Gasteiger partial charge in [0, 0.05) is 4.90 Å². The molecule has 0 bridgehead atoms. The van der Waals surface area contributed by atoms with E-state index in [0.29, 0.717) is 23.0 Å². The molecule has 2 aromatic rings. The molecule has 21 heavy (non-hydrogen) atoms. The monoisotopic (exact) mass is 300 g/mol. The van der Waals surface area contributed by atoms with Gasteiger partial charge in [-0.15, -0.1) is 11.8 Å². The van der Waals surface area contributed by atoms with Gasteiger partial charge in [-0.3, -0.25) is 4.79 Å². The molecule has 2 nitrogen and oxygen atoms in total. The van der Waals surface area contributed by atoms with Gasteiger partial charge >= 0.3 is 0 Å². The number of hydrogen-bond acceptors (Lipinski definition) is 3. The molecule has 0 N–H and O–H groups in total. The molecule has 0 atom stereocenters. The van der Waals surface area contributed by atoms with Crippen LogP contribution >= 0.6 is 11.8 Å². The number of Topliss-reactive ketones (excluding diaryl/α,β-unsaturated/α-hetero) is 1. The van der Waals surface area contributed by atoms with Crippen LogP contribution in [0.1, 0.15) is 35.7 Å². The summed E-state index contributed by atoms with van der Waals surface area (Å²) in [5.74, 6) is 1.67. The molecule has 2 aromatic carbocycles. The van der Waals surface area contributed by atoms with Crippen LogP contribution in [0, 0.1) is 0 Å². The first-order chi connectivity index (χ1) is 10.1. The molecule has 0 unspecified atom stereocenters. The second-order valence-corrected chi connectivity index (χ2v) is 6.18. The van der Waals surface area contributed by atoms with Crippen molar-refractivity contribution in [1.82, 2.24) is 0 Å². The number of ether oxygens (including phenoxy) is 1. The van der Waals surface area contributed by atoms with Crippen molar-refractivity contribution in [1.29, 1.82) is 0 Å². The zero-order valence-corrected chi connectivity index (χ0v) is 13.4. The van der Waals surface area contributed by atoms with Gasteiger partial charge in [0.1, 0.15) is 5.75 Å². The zero-order chi connectivity index (χ0) is 15.2. The average molecular weight is 300 g/mol. The third-order valence-electron chi connectivity index (χ3n) is 3.32. The van der Waals surface area contributed by atoms with Crippen molar-refractivity contribution in [2.75, 3.05) is 12.9 Å². The topological polar surface area (TPSA) is 26.3 Å². The largest absolute Gasteiger partial charge is 0.496 e.